The van der Waals surface area contributed by atoms with Crippen molar-refractivity contribution in [3.05, 3.63) is 67.2 Å². The second-order valence-corrected chi connectivity index (χ2v) is 7.84. The van der Waals surface area contributed by atoms with Gasteiger partial charge in [-0.2, -0.15) is 0 Å². The highest BCUT2D eigenvalue weighted by Gasteiger charge is 2.14. The van der Waals surface area contributed by atoms with Crippen molar-refractivity contribution in [3.8, 4) is 0 Å². The van der Waals surface area contributed by atoms with Gasteiger partial charge in [0, 0.05) is 8.04 Å². The van der Waals surface area contributed by atoms with Gasteiger partial charge in [-0.25, -0.2) is 0 Å². The SMILES string of the molecule is CC(C)c1ccc(C(Br)c2cc(Br)ccc2I)cc1. The standard InChI is InChI=1S/C16H15Br2I/c1-10(2)11-3-5-12(6-4-11)16(18)14-9-13(17)7-8-15(14)19/h3-10,16H,1-2H3. The number of hydrogen-bond donors (Lipinski definition) is 0. The Hall–Kier alpha value is 0.130. The molecule has 0 fully saturated rings. The largest absolute Gasteiger partial charge is 0.0786 e. The number of alkyl halides is 1. The highest BCUT2D eigenvalue weighted by molar-refractivity contribution is 14.1. The lowest BCUT2D eigenvalue weighted by atomic mass is 9.99. The fraction of sp³-hybridized carbons (Fsp3) is 0.250. The van der Waals surface area contributed by atoms with Gasteiger partial charge >= 0.3 is 0 Å². The van der Waals surface area contributed by atoms with E-state index in [-0.39, 0.29) is 4.83 Å². The maximum atomic E-state index is 3.82. The van der Waals surface area contributed by atoms with Gasteiger partial charge in [0.25, 0.3) is 0 Å². The van der Waals surface area contributed by atoms with Crippen molar-refractivity contribution in [1.82, 2.24) is 0 Å². The first-order valence-corrected chi connectivity index (χ1v) is 8.96. The van der Waals surface area contributed by atoms with Crippen molar-refractivity contribution in [2.24, 2.45) is 0 Å². The second-order valence-electron chi connectivity index (χ2n) is 4.85. The third kappa shape index (κ3) is 3.82. The molecule has 2 rings (SSSR count). The molecule has 1 unspecified atom stereocenters. The van der Waals surface area contributed by atoms with Crippen LogP contribution < -0.4 is 0 Å². The van der Waals surface area contributed by atoms with Gasteiger partial charge in [-0.3, -0.25) is 0 Å². The van der Waals surface area contributed by atoms with Crippen LogP contribution in [0.5, 0.6) is 0 Å². The lowest BCUT2D eigenvalue weighted by molar-refractivity contribution is 0.865. The van der Waals surface area contributed by atoms with E-state index in [1.807, 2.05) is 0 Å². The summed E-state index contributed by atoms with van der Waals surface area (Å²) in [5.74, 6) is 0.578. The summed E-state index contributed by atoms with van der Waals surface area (Å²) in [7, 11) is 0. The zero-order valence-corrected chi connectivity index (χ0v) is 16.2. The van der Waals surface area contributed by atoms with Crippen LogP contribution in [0.15, 0.2) is 46.9 Å². The first kappa shape index (κ1) is 15.5. The molecule has 2 aromatic carbocycles. The Bertz CT molecular complexity index is 561. The van der Waals surface area contributed by atoms with Gasteiger partial charge in [-0.1, -0.05) is 70.0 Å². The van der Waals surface area contributed by atoms with E-state index in [9.17, 15) is 0 Å². The van der Waals surface area contributed by atoms with Crippen LogP contribution in [-0.4, -0.2) is 0 Å². The molecule has 0 nitrogen and oxygen atoms in total. The third-order valence-corrected chi connectivity index (χ3v) is 5.62. The highest BCUT2D eigenvalue weighted by Crippen LogP contribution is 2.35. The van der Waals surface area contributed by atoms with Crippen LogP contribution in [0.3, 0.4) is 0 Å². The Morgan fingerprint density at radius 1 is 0.947 bits per heavy atom. The lowest BCUT2D eigenvalue weighted by Crippen LogP contribution is -1.97. The molecule has 0 spiro atoms. The lowest BCUT2D eigenvalue weighted by Gasteiger charge is -2.14. The Morgan fingerprint density at radius 2 is 1.53 bits per heavy atom. The Morgan fingerprint density at radius 3 is 2.11 bits per heavy atom. The van der Waals surface area contributed by atoms with Gasteiger partial charge in [0.1, 0.15) is 0 Å². The summed E-state index contributed by atoms with van der Waals surface area (Å²) in [6, 6.07) is 15.3. The molecule has 1 atom stereocenters. The van der Waals surface area contributed by atoms with Crippen LogP contribution in [0.1, 0.15) is 41.3 Å². The molecule has 100 valence electrons. The van der Waals surface area contributed by atoms with E-state index in [4.69, 9.17) is 0 Å². The normalized spacial score (nSPS) is 12.7. The molecule has 19 heavy (non-hydrogen) atoms. The minimum Gasteiger partial charge on any atom is -0.0786 e. The maximum Gasteiger partial charge on any atom is 0.0655 e. The van der Waals surface area contributed by atoms with E-state index in [1.165, 1.54) is 20.3 Å². The Balaban J connectivity index is 2.33. The fourth-order valence-electron chi connectivity index (χ4n) is 1.94. The van der Waals surface area contributed by atoms with E-state index in [0.29, 0.717) is 5.92 Å². The zero-order chi connectivity index (χ0) is 14.0. The molecule has 0 radical (unpaired) electrons. The first-order chi connectivity index (χ1) is 8.99. The van der Waals surface area contributed by atoms with E-state index < -0.39 is 0 Å². The molecule has 0 bridgehead atoms. The molecule has 0 amide bonds. The van der Waals surface area contributed by atoms with Gasteiger partial charge in [0.05, 0.1) is 4.83 Å². The molecule has 3 heteroatoms. The van der Waals surface area contributed by atoms with E-state index in [0.717, 1.165) is 4.47 Å². The fourth-order valence-corrected chi connectivity index (χ4v) is 4.08. The number of rotatable bonds is 3. The van der Waals surface area contributed by atoms with Gasteiger partial charge in [-0.05, 0) is 63.4 Å². The molecule has 0 heterocycles. The van der Waals surface area contributed by atoms with Crippen molar-refractivity contribution >= 4 is 54.5 Å². The molecule has 0 aliphatic carbocycles. The van der Waals surface area contributed by atoms with Crippen LogP contribution in [0.4, 0.5) is 0 Å². The number of halogens is 3. The monoisotopic (exact) mass is 492 g/mol. The van der Waals surface area contributed by atoms with Gasteiger partial charge < -0.3 is 0 Å². The minimum absolute atomic E-state index is 0.234. The highest BCUT2D eigenvalue weighted by atomic mass is 127. The van der Waals surface area contributed by atoms with Gasteiger partial charge in [0.2, 0.25) is 0 Å². The summed E-state index contributed by atoms with van der Waals surface area (Å²) < 4.78 is 2.39. The summed E-state index contributed by atoms with van der Waals surface area (Å²) in [6.07, 6.45) is 0. The zero-order valence-electron chi connectivity index (χ0n) is 10.8. The Labute approximate surface area is 145 Å². The topological polar surface area (TPSA) is 0 Å². The molecular formula is C16H15Br2I. The van der Waals surface area contributed by atoms with E-state index in [2.05, 4.69) is 111 Å². The molecule has 0 saturated heterocycles. The van der Waals surface area contributed by atoms with Crippen molar-refractivity contribution in [2.45, 2.75) is 24.6 Å². The van der Waals surface area contributed by atoms with Crippen LogP contribution in [-0.2, 0) is 0 Å². The average Bonchev–Trinajstić information content (AvgIpc) is 2.41. The number of hydrogen-bond acceptors (Lipinski definition) is 0. The van der Waals surface area contributed by atoms with Gasteiger partial charge in [0.15, 0.2) is 0 Å². The average molecular weight is 494 g/mol. The van der Waals surface area contributed by atoms with Gasteiger partial charge in [-0.15, -0.1) is 0 Å². The van der Waals surface area contributed by atoms with Crippen LogP contribution in [0, 0.1) is 3.57 Å². The quantitative estimate of drug-likeness (QED) is 0.331. The van der Waals surface area contributed by atoms with Crippen molar-refractivity contribution in [1.29, 1.82) is 0 Å². The van der Waals surface area contributed by atoms with Crippen molar-refractivity contribution in [3.63, 3.8) is 0 Å². The van der Waals surface area contributed by atoms with Crippen molar-refractivity contribution in [2.75, 3.05) is 0 Å². The minimum atomic E-state index is 0.234. The molecule has 0 saturated carbocycles. The molecule has 0 N–H and O–H groups in total. The molecule has 0 aliphatic rings. The Kier molecular flexibility index (Phi) is 5.49. The van der Waals surface area contributed by atoms with E-state index >= 15 is 0 Å². The summed E-state index contributed by atoms with van der Waals surface area (Å²) in [6.45, 7) is 4.44. The third-order valence-electron chi connectivity index (χ3n) is 3.13. The first-order valence-electron chi connectivity index (χ1n) is 6.18. The summed E-state index contributed by atoms with van der Waals surface area (Å²) in [4.78, 5) is 0.234. The predicted octanol–water partition coefficient (Wildman–Crippen LogP) is 6.66. The number of benzene rings is 2. The maximum absolute atomic E-state index is 3.82. The second kappa shape index (κ2) is 6.72. The van der Waals surface area contributed by atoms with Crippen LogP contribution in [0.25, 0.3) is 0 Å². The molecule has 2 aromatic rings. The summed E-state index contributed by atoms with van der Waals surface area (Å²) >= 11 is 9.74. The summed E-state index contributed by atoms with van der Waals surface area (Å²) in [5, 5.41) is 0. The smallest absolute Gasteiger partial charge is 0.0655 e. The molecule has 0 aliphatic heterocycles. The molecular weight excluding hydrogens is 479 g/mol. The summed E-state index contributed by atoms with van der Waals surface area (Å²) in [5.41, 5.74) is 3.97. The van der Waals surface area contributed by atoms with Crippen LogP contribution >= 0.6 is 54.5 Å². The van der Waals surface area contributed by atoms with Crippen molar-refractivity contribution < 1.29 is 0 Å². The van der Waals surface area contributed by atoms with E-state index in [1.54, 1.807) is 0 Å². The predicted molar refractivity (Wildman–Crippen MR) is 98.2 cm³/mol. The molecule has 0 aromatic heterocycles. The van der Waals surface area contributed by atoms with Crippen LogP contribution in [0.2, 0.25) is 0 Å².